The van der Waals surface area contributed by atoms with E-state index in [2.05, 4.69) is 15.9 Å². The Balaban J connectivity index is 4.37. The number of rotatable bonds is 7. The van der Waals surface area contributed by atoms with Gasteiger partial charge < -0.3 is 4.74 Å². The lowest BCUT2D eigenvalue weighted by molar-refractivity contribution is -0.149. The Kier molecular flexibility index (Phi) is 8.72. The third-order valence-corrected chi connectivity index (χ3v) is 6.38. The first kappa shape index (κ1) is 17.0. The van der Waals surface area contributed by atoms with Crippen LogP contribution in [0.4, 0.5) is 0 Å². The van der Waals surface area contributed by atoms with Gasteiger partial charge in [0.2, 0.25) is 0 Å². The fourth-order valence-corrected chi connectivity index (χ4v) is 3.43. The number of carbonyl (C=O) groups excluding carboxylic acids is 1. The van der Waals surface area contributed by atoms with Crippen molar-refractivity contribution in [1.82, 2.24) is 0 Å². The minimum absolute atomic E-state index is 0.217. The van der Waals surface area contributed by atoms with Crippen LogP contribution in [0.25, 0.3) is 0 Å². The predicted molar refractivity (Wildman–Crippen MR) is 75.7 cm³/mol. The SMILES string of the molecule is CCCCC(OC(=O)C(C)CBr)[Si](Cl)(Cl)Cl. The smallest absolute Gasteiger partial charge is 0.381 e. The highest BCUT2D eigenvalue weighted by atomic mass is 79.9. The summed E-state index contributed by atoms with van der Waals surface area (Å²) >= 11 is 20.9. The maximum atomic E-state index is 11.6. The number of alkyl halides is 1. The molecule has 7 heteroatoms. The molecule has 96 valence electrons. The molecule has 0 rings (SSSR count). The maximum Gasteiger partial charge on any atom is 0.381 e. The van der Waals surface area contributed by atoms with Gasteiger partial charge in [-0.05, 0) is 6.42 Å². The summed E-state index contributed by atoms with van der Waals surface area (Å²) in [6.45, 7) is 3.81. The Labute approximate surface area is 120 Å². The van der Waals surface area contributed by atoms with Gasteiger partial charge in [0.1, 0.15) is 5.73 Å². The maximum absolute atomic E-state index is 11.6. The van der Waals surface area contributed by atoms with Gasteiger partial charge in [0, 0.05) is 5.33 Å². The second kappa shape index (κ2) is 8.19. The molecule has 0 spiro atoms. The lowest BCUT2D eigenvalue weighted by Crippen LogP contribution is -2.37. The average molecular weight is 371 g/mol. The molecule has 0 aliphatic rings. The highest BCUT2D eigenvalue weighted by molar-refractivity contribution is 9.09. The van der Waals surface area contributed by atoms with Crippen molar-refractivity contribution < 1.29 is 9.53 Å². The lowest BCUT2D eigenvalue weighted by Gasteiger charge is -2.23. The monoisotopic (exact) mass is 368 g/mol. The summed E-state index contributed by atoms with van der Waals surface area (Å²) in [6, 6.07) is -2.99. The molecule has 0 aliphatic heterocycles. The summed E-state index contributed by atoms with van der Waals surface area (Å²) in [5.41, 5.74) is -0.536. The van der Waals surface area contributed by atoms with Gasteiger partial charge in [-0.15, -0.1) is 33.2 Å². The fraction of sp³-hybridized carbons (Fsp3) is 0.889. The Hall–Kier alpha value is 1.04. The van der Waals surface area contributed by atoms with Crippen molar-refractivity contribution in [3.8, 4) is 0 Å². The molecule has 0 aromatic rings. The second-order valence-corrected chi connectivity index (χ2v) is 13.1. The molecule has 0 aromatic carbocycles. The van der Waals surface area contributed by atoms with Crippen LogP contribution in [0.3, 0.4) is 0 Å². The van der Waals surface area contributed by atoms with Crippen LogP contribution >= 0.6 is 49.2 Å². The van der Waals surface area contributed by atoms with E-state index in [4.69, 9.17) is 38.0 Å². The van der Waals surface area contributed by atoms with Gasteiger partial charge in [-0.3, -0.25) is 4.79 Å². The zero-order valence-electron chi connectivity index (χ0n) is 9.31. The molecule has 16 heavy (non-hydrogen) atoms. The van der Waals surface area contributed by atoms with Crippen LogP contribution < -0.4 is 0 Å². The highest BCUT2D eigenvalue weighted by Gasteiger charge is 2.40. The van der Waals surface area contributed by atoms with Gasteiger partial charge >= 0.3 is 12.0 Å². The predicted octanol–water partition coefficient (Wildman–Crippen LogP) is 4.31. The topological polar surface area (TPSA) is 26.3 Å². The molecule has 0 fully saturated rings. The van der Waals surface area contributed by atoms with Crippen LogP contribution in [0.15, 0.2) is 0 Å². The van der Waals surface area contributed by atoms with Crippen LogP contribution in [-0.4, -0.2) is 23.0 Å². The van der Waals surface area contributed by atoms with E-state index >= 15 is 0 Å². The second-order valence-electron chi connectivity index (χ2n) is 3.66. The molecule has 2 nitrogen and oxygen atoms in total. The van der Waals surface area contributed by atoms with Gasteiger partial charge in [0.25, 0.3) is 0 Å². The minimum atomic E-state index is -2.99. The van der Waals surface area contributed by atoms with Crippen LogP contribution in [0.5, 0.6) is 0 Å². The van der Waals surface area contributed by atoms with E-state index in [1.54, 1.807) is 6.92 Å². The molecule has 0 heterocycles. The molecule has 0 aliphatic carbocycles. The highest BCUT2D eigenvalue weighted by Crippen LogP contribution is 2.30. The summed E-state index contributed by atoms with van der Waals surface area (Å²) in [5.74, 6) is -0.526. The standard InChI is InChI=1S/C9H16BrCl3O2Si/c1-3-4-5-8(16(11,12)13)15-9(14)7(2)6-10/h7-8H,3-6H2,1-2H3. The molecule has 0 bridgehead atoms. The zero-order valence-corrected chi connectivity index (χ0v) is 14.2. The Morgan fingerprint density at radius 1 is 1.44 bits per heavy atom. The van der Waals surface area contributed by atoms with Gasteiger partial charge in [-0.25, -0.2) is 0 Å². The number of halogens is 4. The van der Waals surface area contributed by atoms with Crippen LogP contribution in [0.2, 0.25) is 0 Å². The van der Waals surface area contributed by atoms with Crippen molar-refractivity contribution in [1.29, 1.82) is 0 Å². The van der Waals surface area contributed by atoms with Gasteiger partial charge in [-0.2, -0.15) is 0 Å². The number of hydrogen-bond donors (Lipinski definition) is 0. The van der Waals surface area contributed by atoms with Crippen molar-refractivity contribution in [3.63, 3.8) is 0 Å². The lowest BCUT2D eigenvalue weighted by atomic mass is 10.2. The van der Waals surface area contributed by atoms with E-state index in [0.29, 0.717) is 11.8 Å². The van der Waals surface area contributed by atoms with Gasteiger partial charge in [-0.1, -0.05) is 42.6 Å². The quantitative estimate of drug-likeness (QED) is 0.289. The van der Waals surface area contributed by atoms with Crippen LogP contribution in [0, 0.1) is 5.92 Å². The Bertz CT molecular complexity index is 223. The largest absolute Gasteiger partial charge is 0.461 e. The first-order valence-electron chi connectivity index (χ1n) is 5.16. The number of carbonyl (C=O) groups is 1. The molecular weight excluding hydrogens is 354 g/mol. The molecule has 0 aromatic heterocycles. The first-order chi connectivity index (χ1) is 7.32. The minimum Gasteiger partial charge on any atom is -0.461 e. The Morgan fingerprint density at radius 2 is 2.00 bits per heavy atom. The molecule has 0 saturated heterocycles. The molecule has 0 saturated carbocycles. The molecule has 0 N–H and O–H groups in total. The van der Waals surface area contributed by atoms with Crippen molar-refractivity contribution >= 4 is 61.1 Å². The van der Waals surface area contributed by atoms with E-state index in [-0.39, 0.29) is 11.9 Å². The van der Waals surface area contributed by atoms with Crippen molar-refractivity contribution in [3.05, 3.63) is 0 Å². The number of hydrogen-bond acceptors (Lipinski definition) is 2. The van der Waals surface area contributed by atoms with E-state index < -0.39 is 11.7 Å². The number of esters is 1. The van der Waals surface area contributed by atoms with E-state index in [1.807, 2.05) is 6.92 Å². The summed E-state index contributed by atoms with van der Waals surface area (Å²) in [5, 5.41) is 0.549. The first-order valence-corrected chi connectivity index (χ1v) is 11.4. The summed E-state index contributed by atoms with van der Waals surface area (Å²) < 4.78 is 5.27. The molecule has 0 radical (unpaired) electrons. The summed E-state index contributed by atoms with van der Waals surface area (Å²) in [7, 11) is 0. The molecule has 2 atom stereocenters. The normalized spacial score (nSPS) is 15.6. The zero-order chi connectivity index (χ0) is 12.8. The number of ether oxygens (including phenoxy) is 1. The van der Waals surface area contributed by atoms with Gasteiger partial charge in [0.05, 0.1) is 5.92 Å². The summed E-state index contributed by atoms with van der Waals surface area (Å²) in [6.07, 6.45) is 2.50. The van der Waals surface area contributed by atoms with Crippen molar-refractivity contribution in [2.24, 2.45) is 5.92 Å². The average Bonchev–Trinajstić information content (AvgIpc) is 2.20. The fourth-order valence-electron chi connectivity index (χ4n) is 0.998. The van der Waals surface area contributed by atoms with E-state index in [9.17, 15) is 4.79 Å². The molecule has 0 amide bonds. The van der Waals surface area contributed by atoms with Crippen molar-refractivity contribution in [2.45, 2.75) is 38.8 Å². The van der Waals surface area contributed by atoms with Crippen LogP contribution in [0.1, 0.15) is 33.1 Å². The Morgan fingerprint density at radius 3 is 2.38 bits per heavy atom. The third-order valence-electron chi connectivity index (χ3n) is 2.08. The molecular formula is C9H16BrCl3O2Si. The third kappa shape index (κ3) is 6.69. The number of unbranched alkanes of at least 4 members (excludes halogenated alkanes) is 1. The van der Waals surface area contributed by atoms with Crippen LogP contribution in [-0.2, 0) is 9.53 Å². The summed E-state index contributed by atoms with van der Waals surface area (Å²) in [4.78, 5) is 11.6. The van der Waals surface area contributed by atoms with E-state index in [0.717, 1.165) is 12.8 Å². The van der Waals surface area contributed by atoms with Gasteiger partial charge in [0.15, 0.2) is 0 Å². The van der Waals surface area contributed by atoms with E-state index in [1.165, 1.54) is 0 Å². The van der Waals surface area contributed by atoms with Crippen molar-refractivity contribution in [2.75, 3.05) is 5.33 Å². The molecule has 2 unspecified atom stereocenters.